The van der Waals surface area contributed by atoms with E-state index in [0.29, 0.717) is 6.54 Å². The van der Waals surface area contributed by atoms with Crippen molar-refractivity contribution < 1.29 is 4.79 Å². The molecule has 0 heterocycles. The van der Waals surface area contributed by atoms with Crippen molar-refractivity contribution in [3.8, 4) is 0 Å². The predicted molar refractivity (Wildman–Crippen MR) is 66.6 cm³/mol. The van der Waals surface area contributed by atoms with Crippen molar-refractivity contribution in [2.45, 2.75) is 13.8 Å². The Balaban J connectivity index is 2.76. The van der Waals surface area contributed by atoms with Gasteiger partial charge in [0.2, 0.25) is 0 Å². The van der Waals surface area contributed by atoms with Crippen LogP contribution < -0.4 is 10.6 Å². The third-order valence-electron chi connectivity index (χ3n) is 1.85. The summed E-state index contributed by atoms with van der Waals surface area (Å²) in [6.45, 7) is 4.51. The van der Waals surface area contributed by atoms with Gasteiger partial charge in [-0.05, 0) is 54.1 Å². The summed E-state index contributed by atoms with van der Waals surface area (Å²) in [4.78, 5) is 11.3. The highest BCUT2D eigenvalue weighted by Crippen LogP contribution is 2.19. The molecular formula is C10H13IN2O. The number of rotatable bonds is 2. The third kappa shape index (κ3) is 2.87. The number of hydrogen-bond donors (Lipinski definition) is 2. The van der Waals surface area contributed by atoms with Crippen LogP contribution in [0.25, 0.3) is 0 Å². The lowest BCUT2D eigenvalue weighted by Gasteiger charge is -2.09. The van der Waals surface area contributed by atoms with Crippen LogP contribution in [0.1, 0.15) is 12.5 Å². The van der Waals surface area contributed by atoms with E-state index in [4.69, 9.17) is 0 Å². The van der Waals surface area contributed by atoms with Crippen molar-refractivity contribution in [3.63, 3.8) is 0 Å². The first-order valence-corrected chi connectivity index (χ1v) is 5.53. The van der Waals surface area contributed by atoms with Crippen LogP contribution in [0.3, 0.4) is 0 Å². The molecular weight excluding hydrogens is 291 g/mol. The maximum absolute atomic E-state index is 11.3. The van der Waals surface area contributed by atoms with E-state index in [2.05, 4.69) is 33.2 Å². The molecule has 0 unspecified atom stereocenters. The molecule has 2 amide bonds. The predicted octanol–water partition coefficient (Wildman–Crippen LogP) is 2.74. The van der Waals surface area contributed by atoms with E-state index in [9.17, 15) is 4.79 Å². The molecule has 1 aromatic rings. The molecule has 0 saturated carbocycles. The molecule has 76 valence electrons. The molecule has 1 rings (SSSR count). The fourth-order valence-electron chi connectivity index (χ4n) is 1.07. The van der Waals surface area contributed by atoms with E-state index in [1.165, 1.54) is 0 Å². The van der Waals surface area contributed by atoms with Gasteiger partial charge in [0.15, 0.2) is 0 Å². The van der Waals surface area contributed by atoms with Crippen LogP contribution >= 0.6 is 22.6 Å². The molecule has 0 bridgehead atoms. The number of urea groups is 1. The number of carbonyl (C=O) groups is 1. The van der Waals surface area contributed by atoms with Crippen LogP contribution in [0, 0.1) is 10.5 Å². The zero-order valence-corrected chi connectivity index (χ0v) is 10.4. The van der Waals surface area contributed by atoms with E-state index in [-0.39, 0.29) is 6.03 Å². The molecule has 0 saturated heterocycles. The Labute approximate surface area is 97.4 Å². The van der Waals surface area contributed by atoms with Crippen molar-refractivity contribution in [1.29, 1.82) is 0 Å². The standard InChI is InChI=1S/C10H13IN2O/c1-3-12-10(14)13-9-6-4-5-8(11)7(9)2/h4-6H,3H2,1-2H3,(H2,12,13,14). The lowest BCUT2D eigenvalue weighted by molar-refractivity contribution is 0.252. The minimum atomic E-state index is -0.155. The molecule has 14 heavy (non-hydrogen) atoms. The minimum Gasteiger partial charge on any atom is -0.338 e. The van der Waals surface area contributed by atoms with Crippen LogP contribution in [-0.2, 0) is 0 Å². The van der Waals surface area contributed by atoms with Gasteiger partial charge in [-0.15, -0.1) is 0 Å². The number of halogens is 1. The molecule has 2 N–H and O–H groups in total. The van der Waals surface area contributed by atoms with Gasteiger partial charge in [-0.2, -0.15) is 0 Å². The summed E-state index contributed by atoms with van der Waals surface area (Å²) in [5.41, 5.74) is 1.96. The molecule has 4 heteroatoms. The molecule has 3 nitrogen and oxygen atoms in total. The van der Waals surface area contributed by atoms with Crippen LogP contribution in [0.15, 0.2) is 18.2 Å². The van der Waals surface area contributed by atoms with Gasteiger partial charge >= 0.3 is 6.03 Å². The molecule has 0 spiro atoms. The van der Waals surface area contributed by atoms with Gasteiger partial charge in [0.05, 0.1) is 0 Å². The molecule has 0 aliphatic rings. The number of carbonyl (C=O) groups excluding carboxylic acids is 1. The Morgan fingerprint density at radius 1 is 1.50 bits per heavy atom. The van der Waals surface area contributed by atoms with Gasteiger partial charge in [0.25, 0.3) is 0 Å². The van der Waals surface area contributed by atoms with Gasteiger partial charge in [0.1, 0.15) is 0 Å². The van der Waals surface area contributed by atoms with Crippen molar-refractivity contribution in [1.82, 2.24) is 5.32 Å². The number of amides is 2. The average Bonchev–Trinajstić information content (AvgIpc) is 2.13. The maximum atomic E-state index is 11.3. The van der Waals surface area contributed by atoms with Crippen LogP contribution in [0.2, 0.25) is 0 Å². The van der Waals surface area contributed by atoms with Crippen molar-refractivity contribution in [3.05, 3.63) is 27.3 Å². The van der Waals surface area contributed by atoms with Gasteiger partial charge in [-0.25, -0.2) is 4.79 Å². The normalized spacial score (nSPS) is 9.64. The van der Waals surface area contributed by atoms with E-state index < -0.39 is 0 Å². The summed E-state index contributed by atoms with van der Waals surface area (Å²) in [5, 5.41) is 5.49. The quantitative estimate of drug-likeness (QED) is 0.811. The van der Waals surface area contributed by atoms with Crippen molar-refractivity contribution in [2.24, 2.45) is 0 Å². The van der Waals surface area contributed by atoms with Gasteiger partial charge < -0.3 is 10.6 Å². The zero-order valence-electron chi connectivity index (χ0n) is 8.23. The fourth-order valence-corrected chi connectivity index (χ4v) is 1.57. The number of benzene rings is 1. The molecule has 0 aliphatic carbocycles. The summed E-state index contributed by atoms with van der Waals surface area (Å²) in [6.07, 6.45) is 0. The first kappa shape index (κ1) is 11.3. The van der Waals surface area contributed by atoms with Crippen LogP contribution in [-0.4, -0.2) is 12.6 Å². The van der Waals surface area contributed by atoms with Crippen LogP contribution in [0.5, 0.6) is 0 Å². The lowest BCUT2D eigenvalue weighted by atomic mass is 10.2. The second kappa shape index (κ2) is 5.19. The fraction of sp³-hybridized carbons (Fsp3) is 0.300. The van der Waals surface area contributed by atoms with Gasteiger partial charge in [-0.1, -0.05) is 6.07 Å². The molecule has 0 aliphatic heterocycles. The topological polar surface area (TPSA) is 41.1 Å². The SMILES string of the molecule is CCNC(=O)Nc1cccc(I)c1C. The highest BCUT2D eigenvalue weighted by atomic mass is 127. The average molecular weight is 304 g/mol. The second-order valence-corrected chi connectivity index (χ2v) is 4.06. The lowest BCUT2D eigenvalue weighted by Crippen LogP contribution is -2.28. The molecule has 0 aromatic heterocycles. The monoisotopic (exact) mass is 304 g/mol. The molecule has 0 fully saturated rings. The zero-order chi connectivity index (χ0) is 10.6. The Bertz CT molecular complexity index is 339. The first-order valence-electron chi connectivity index (χ1n) is 4.45. The van der Waals surface area contributed by atoms with Crippen molar-refractivity contribution in [2.75, 3.05) is 11.9 Å². The Hall–Kier alpha value is -0.780. The highest BCUT2D eigenvalue weighted by Gasteiger charge is 2.04. The summed E-state index contributed by atoms with van der Waals surface area (Å²) in [6, 6.07) is 5.68. The van der Waals surface area contributed by atoms with Crippen LogP contribution in [0.4, 0.5) is 10.5 Å². The van der Waals surface area contributed by atoms with Gasteiger partial charge in [-0.3, -0.25) is 0 Å². The highest BCUT2D eigenvalue weighted by molar-refractivity contribution is 14.1. The summed E-state index contributed by atoms with van der Waals surface area (Å²) in [5.74, 6) is 0. The minimum absolute atomic E-state index is 0.155. The largest absolute Gasteiger partial charge is 0.338 e. The summed E-state index contributed by atoms with van der Waals surface area (Å²) >= 11 is 2.25. The molecule has 0 radical (unpaired) electrons. The molecule has 0 atom stereocenters. The van der Waals surface area contributed by atoms with E-state index >= 15 is 0 Å². The Morgan fingerprint density at radius 2 is 2.21 bits per heavy atom. The smallest absolute Gasteiger partial charge is 0.319 e. The first-order chi connectivity index (χ1) is 6.65. The third-order valence-corrected chi connectivity index (χ3v) is 3.02. The van der Waals surface area contributed by atoms with E-state index in [1.807, 2.05) is 32.0 Å². The second-order valence-electron chi connectivity index (χ2n) is 2.90. The number of anilines is 1. The Kier molecular flexibility index (Phi) is 4.19. The van der Waals surface area contributed by atoms with Gasteiger partial charge in [0, 0.05) is 15.8 Å². The number of nitrogens with one attached hydrogen (secondary N) is 2. The van der Waals surface area contributed by atoms with E-state index in [0.717, 1.165) is 14.8 Å². The Morgan fingerprint density at radius 3 is 2.86 bits per heavy atom. The number of hydrogen-bond acceptors (Lipinski definition) is 1. The molecule has 1 aromatic carbocycles. The van der Waals surface area contributed by atoms with E-state index in [1.54, 1.807) is 0 Å². The summed E-state index contributed by atoms with van der Waals surface area (Å²) < 4.78 is 1.15. The summed E-state index contributed by atoms with van der Waals surface area (Å²) in [7, 11) is 0. The maximum Gasteiger partial charge on any atom is 0.319 e. The van der Waals surface area contributed by atoms with Crippen molar-refractivity contribution >= 4 is 34.3 Å².